The predicted octanol–water partition coefficient (Wildman–Crippen LogP) is 1.08. The van der Waals surface area contributed by atoms with Crippen LogP contribution in [0.15, 0.2) is 0 Å². The maximum absolute atomic E-state index is 0. The zero-order chi connectivity index (χ0) is 0. The van der Waals surface area contributed by atoms with Crippen LogP contribution in [0, 0.1) is 7.43 Å². The second kappa shape index (κ2) is 36.0. The van der Waals surface area contributed by atoms with Crippen molar-refractivity contribution in [1.82, 2.24) is 0 Å². The van der Waals surface area contributed by atoms with E-state index in [1.807, 2.05) is 0 Å². The molecule has 6 heavy (non-hydrogen) atoms. The molecule has 4 heteroatoms. The maximum Gasteiger partial charge on any atom is 0 e. The minimum atomic E-state index is 0. The number of rotatable bonds is 0. The van der Waals surface area contributed by atoms with E-state index in [1.165, 1.54) is 0 Å². The predicted molar refractivity (Wildman–Crippen MR) is 13.1 cm³/mol. The van der Waals surface area contributed by atoms with Crippen molar-refractivity contribution in [1.29, 1.82) is 0 Å². The molecule has 0 nitrogen and oxygen atoms in total. The molecule has 0 spiro atoms. The molecule has 0 aromatic carbocycles. The van der Waals surface area contributed by atoms with Crippen molar-refractivity contribution in [3.8, 4) is 0 Å². The molecule has 0 aromatic rings. The normalized spacial score (nSPS) is 0. The molecule has 0 aromatic heterocycles. The molecule has 31 valence electrons. The van der Waals surface area contributed by atoms with Gasteiger partial charge in [-0.15, -0.1) is 0 Å². The molecule has 0 aliphatic rings. The van der Waals surface area contributed by atoms with Gasteiger partial charge < -0.3 is 7.43 Å². The van der Waals surface area contributed by atoms with Gasteiger partial charge in [-0.1, -0.05) is 7.43 Å². The third-order valence-corrected chi connectivity index (χ3v) is 0. The van der Waals surface area contributed by atoms with E-state index in [-0.39, 0.29) is 134 Å². The monoisotopic (exact) mass is 482 g/mol. The third kappa shape index (κ3) is 24.5. The Morgan fingerprint density at radius 3 is 0.667 bits per heavy atom. The van der Waals surface area contributed by atoms with Crippen LogP contribution in [0.5, 0.6) is 0 Å². The van der Waals surface area contributed by atoms with Crippen LogP contribution in [0.3, 0.4) is 0 Å². The molecule has 0 heterocycles. The van der Waals surface area contributed by atoms with Gasteiger partial charge in [0, 0.05) is 119 Å². The minimum Gasteiger partial charge on any atom is -0.358 e. The van der Waals surface area contributed by atoms with Gasteiger partial charge in [-0.3, -0.25) is 0 Å². The Kier molecular flexibility index (Phi) is 304. The molecule has 0 amide bonds. The van der Waals surface area contributed by atoms with E-state index in [4.69, 9.17) is 0 Å². The molecule has 0 fully saturated rings. The van der Waals surface area contributed by atoms with Crippen molar-refractivity contribution in [2.24, 2.45) is 0 Å². The summed E-state index contributed by atoms with van der Waals surface area (Å²) in [4.78, 5) is 0. The molecule has 0 unspecified atom stereocenters. The zero-order valence-corrected chi connectivity index (χ0v) is 14.6. The molecule has 0 bridgehead atoms. The SMILES string of the molecule is C.[CH3-].[W].[Y].[Y].[Y]. The molecular formula is C2H7WY3-. The van der Waals surface area contributed by atoms with Crippen LogP contribution < -0.4 is 0 Å². The van der Waals surface area contributed by atoms with Gasteiger partial charge in [0.25, 0.3) is 0 Å². The van der Waals surface area contributed by atoms with Crippen molar-refractivity contribution >= 4 is 0 Å². The van der Waals surface area contributed by atoms with Crippen LogP contribution in [-0.4, -0.2) is 0 Å². The molecule has 0 aliphatic carbocycles. The van der Waals surface area contributed by atoms with Crippen molar-refractivity contribution < 1.29 is 119 Å². The van der Waals surface area contributed by atoms with E-state index in [9.17, 15) is 0 Å². The van der Waals surface area contributed by atoms with E-state index < -0.39 is 0 Å². The summed E-state index contributed by atoms with van der Waals surface area (Å²) in [6.45, 7) is 0. The van der Waals surface area contributed by atoms with Crippen LogP contribution in [0.25, 0.3) is 0 Å². The summed E-state index contributed by atoms with van der Waals surface area (Å²) in [6.07, 6.45) is 0. The van der Waals surface area contributed by atoms with Gasteiger partial charge in [0.15, 0.2) is 0 Å². The van der Waals surface area contributed by atoms with Crippen molar-refractivity contribution in [3.05, 3.63) is 7.43 Å². The summed E-state index contributed by atoms with van der Waals surface area (Å²) in [5.74, 6) is 0. The van der Waals surface area contributed by atoms with Gasteiger partial charge in [0.2, 0.25) is 0 Å². The van der Waals surface area contributed by atoms with Gasteiger partial charge in [0.05, 0.1) is 0 Å². The van der Waals surface area contributed by atoms with Gasteiger partial charge in [-0.05, 0) is 0 Å². The van der Waals surface area contributed by atoms with Crippen molar-refractivity contribution in [2.45, 2.75) is 7.43 Å². The summed E-state index contributed by atoms with van der Waals surface area (Å²) in [6, 6.07) is 0. The summed E-state index contributed by atoms with van der Waals surface area (Å²) >= 11 is 0. The average molecular weight is 482 g/mol. The first-order valence-corrected chi connectivity index (χ1v) is 0. The fourth-order valence-corrected chi connectivity index (χ4v) is 0. The number of hydrogen-bond acceptors (Lipinski definition) is 0. The topological polar surface area (TPSA) is 0 Å². The standard InChI is InChI=1S/CH4.CH3.W.3Y/h1H4;1H3;;;;/q;-1;;;;. The molecule has 0 aliphatic heterocycles. The summed E-state index contributed by atoms with van der Waals surface area (Å²) in [7, 11) is 0. The maximum atomic E-state index is 0. The molecular weight excluding hydrogens is 475 g/mol. The first-order valence-electron chi connectivity index (χ1n) is 0. The summed E-state index contributed by atoms with van der Waals surface area (Å²) in [5.41, 5.74) is 0. The van der Waals surface area contributed by atoms with E-state index in [0.29, 0.717) is 0 Å². The van der Waals surface area contributed by atoms with Crippen LogP contribution in [-0.2, 0) is 119 Å². The Bertz CT molecular complexity index is 8.75. The van der Waals surface area contributed by atoms with Crippen molar-refractivity contribution in [3.63, 3.8) is 0 Å². The van der Waals surface area contributed by atoms with E-state index in [1.54, 1.807) is 0 Å². The quantitative estimate of drug-likeness (QED) is 0.455. The van der Waals surface area contributed by atoms with Crippen LogP contribution in [0.1, 0.15) is 7.43 Å². The van der Waals surface area contributed by atoms with Crippen molar-refractivity contribution in [2.75, 3.05) is 0 Å². The summed E-state index contributed by atoms with van der Waals surface area (Å²) in [5, 5.41) is 0. The molecule has 3 radical (unpaired) electrons. The minimum absolute atomic E-state index is 0. The van der Waals surface area contributed by atoms with Gasteiger partial charge in [-0.2, -0.15) is 0 Å². The zero-order valence-electron chi connectivity index (χ0n) is 3.14. The number of hydrogen-bond donors (Lipinski definition) is 0. The molecule has 0 atom stereocenters. The Morgan fingerprint density at radius 1 is 0.667 bits per heavy atom. The fourth-order valence-electron chi connectivity index (χ4n) is 0. The molecule has 0 saturated heterocycles. The average Bonchev–Trinajstić information content (AvgIpc) is 0. The Labute approximate surface area is 131 Å². The smallest absolute Gasteiger partial charge is 0 e. The second-order valence-corrected chi connectivity index (χ2v) is 0. The molecule has 0 rings (SSSR count). The van der Waals surface area contributed by atoms with Crippen LogP contribution in [0.4, 0.5) is 0 Å². The first kappa shape index (κ1) is 50.6. The van der Waals surface area contributed by atoms with Gasteiger partial charge in [0.1, 0.15) is 0 Å². The van der Waals surface area contributed by atoms with Crippen LogP contribution >= 0.6 is 0 Å². The Morgan fingerprint density at radius 2 is 0.667 bits per heavy atom. The van der Waals surface area contributed by atoms with E-state index >= 15 is 0 Å². The third-order valence-electron chi connectivity index (χ3n) is 0. The van der Waals surface area contributed by atoms with E-state index in [2.05, 4.69) is 0 Å². The second-order valence-electron chi connectivity index (χ2n) is 0. The van der Waals surface area contributed by atoms with E-state index in [0.717, 1.165) is 0 Å². The summed E-state index contributed by atoms with van der Waals surface area (Å²) < 4.78 is 0. The Hall–Kier alpha value is 4.00. The molecule has 0 saturated carbocycles. The fraction of sp³-hybridized carbons (Fsp3) is 0.500. The van der Waals surface area contributed by atoms with Gasteiger partial charge in [-0.25, -0.2) is 0 Å². The molecule has 0 N–H and O–H groups in total. The van der Waals surface area contributed by atoms with Gasteiger partial charge >= 0.3 is 0 Å². The Balaban J connectivity index is 0. The first-order chi connectivity index (χ1) is 0. The van der Waals surface area contributed by atoms with Crippen LogP contribution in [0.2, 0.25) is 0 Å². The largest absolute Gasteiger partial charge is 0.358 e.